The molecule has 0 spiro atoms. The largest absolute Gasteiger partial charge is 0.490 e. The van der Waals surface area contributed by atoms with Gasteiger partial charge in [0.05, 0.1) is 12.3 Å². The first-order valence-corrected chi connectivity index (χ1v) is 12.4. The number of aryl methyl sites for hydroxylation is 3. The summed E-state index contributed by atoms with van der Waals surface area (Å²) in [6, 6.07) is 16.6. The topological polar surface area (TPSA) is 114 Å². The molecule has 0 saturated carbocycles. The number of nitrogens with one attached hydrogen (secondary N) is 2. The van der Waals surface area contributed by atoms with E-state index in [4.69, 9.17) is 9.47 Å². The first-order valence-electron chi connectivity index (χ1n) is 12.4. The molecule has 1 saturated heterocycles. The SMILES string of the molecule is CCOc1cc(/C=C2/C(=O)NC(=O)N(c3ccc(C)c(C)c3)C2=O)ccc1OCC(=O)Nc1ccccc1C. The molecule has 0 atom stereocenters. The van der Waals surface area contributed by atoms with Gasteiger partial charge in [-0.2, -0.15) is 0 Å². The van der Waals surface area contributed by atoms with E-state index in [1.165, 1.54) is 6.08 Å². The minimum absolute atomic E-state index is 0.207. The van der Waals surface area contributed by atoms with Crippen LogP contribution in [0.1, 0.15) is 29.2 Å². The summed E-state index contributed by atoms with van der Waals surface area (Å²) in [5.41, 5.74) is 4.17. The Morgan fingerprint density at radius 3 is 2.38 bits per heavy atom. The highest BCUT2D eigenvalue weighted by Crippen LogP contribution is 2.30. The highest BCUT2D eigenvalue weighted by Gasteiger charge is 2.37. The fraction of sp³-hybridized carbons (Fsp3) is 0.200. The molecule has 0 aliphatic carbocycles. The van der Waals surface area contributed by atoms with E-state index in [-0.39, 0.29) is 18.1 Å². The van der Waals surface area contributed by atoms with Gasteiger partial charge in [0, 0.05) is 5.69 Å². The van der Waals surface area contributed by atoms with Gasteiger partial charge in [-0.3, -0.25) is 19.7 Å². The summed E-state index contributed by atoms with van der Waals surface area (Å²) < 4.78 is 11.4. The van der Waals surface area contributed by atoms with Crippen LogP contribution in [0.15, 0.2) is 66.2 Å². The van der Waals surface area contributed by atoms with Gasteiger partial charge in [0.1, 0.15) is 5.57 Å². The first kappa shape index (κ1) is 27.1. The molecule has 1 aliphatic heterocycles. The zero-order valence-electron chi connectivity index (χ0n) is 22.2. The normalized spacial score (nSPS) is 14.3. The number of hydrogen-bond acceptors (Lipinski definition) is 6. The third kappa shape index (κ3) is 6.15. The van der Waals surface area contributed by atoms with Crippen LogP contribution in [0.2, 0.25) is 0 Å². The second-order valence-electron chi connectivity index (χ2n) is 9.02. The molecule has 0 aromatic heterocycles. The molecular formula is C30H29N3O6. The van der Waals surface area contributed by atoms with E-state index in [0.717, 1.165) is 21.6 Å². The minimum atomic E-state index is -0.812. The number of barbiturate groups is 1. The molecule has 9 heteroatoms. The molecular weight excluding hydrogens is 498 g/mol. The standard InChI is InChI=1S/C30H29N3O6/c1-5-38-26-16-21(11-13-25(26)39-17-27(34)31-24-9-7-6-8-19(24)3)15-23-28(35)32-30(37)33(29(23)36)22-12-10-18(2)20(4)14-22/h6-16H,5,17H2,1-4H3,(H,31,34)(H,32,35,37)/b23-15-. The predicted molar refractivity (Wildman–Crippen MR) is 148 cm³/mol. The summed E-state index contributed by atoms with van der Waals surface area (Å²) in [5, 5.41) is 5.04. The van der Waals surface area contributed by atoms with Gasteiger partial charge in [-0.25, -0.2) is 9.69 Å². The zero-order chi connectivity index (χ0) is 28.1. The molecule has 0 radical (unpaired) electrons. The van der Waals surface area contributed by atoms with Crippen molar-refractivity contribution in [1.82, 2.24) is 5.32 Å². The van der Waals surface area contributed by atoms with Crippen molar-refractivity contribution < 1.29 is 28.7 Å². The summed E-state index contributed by atoms with van der Waals surface area (Å²) in [6.07, 6.45) is 1.38. The van der Waals surface area contributed by atoms with E-state index in [9.17, 15) is 19.2 Å². The molecule has 1 aliphatic rings. The number of ether oxygens (including phenoxy) is 2. The average Bonchev–Trinajstić information content (AvgIpc) is 2.89. The quantitative estimate of drug-likeness (QED) is 0.324. The number of para-hydroxylation sites is 1. The van der Waals surface area contributed by atoms with E-state index in [1.54, 1.807) is 49.4 Å². The number of carbonyl (C=O) groups excluding carboxylic acids is 4. The molecule has 4 rings (SSSR count). The highest BCUT2D eigenvalue weighted by molar-refractivity contribution is 6.39. The molecule has 1 heterocycles. The fourth-order valence-corrected chi connectivity index (χ4v) is 3.97. The number of benzene rings is 3. The number of carbonyl (C=O) groups is 4. The van der Waals surface area contributed by atoms with E-state index < -0.39 is 17.8 Å². The predicted octanol–water partition coefficient (Wildman–Crippen LogP) is 4.69. The van der Waals surface area contributed by atoms with Crippen molar-refractivity contribution in [2.75, 3.05) is 23.4 Å². The molecule has 200 valence electrons. The number of rotatable bonds is 8. The lowest BCUT2D eigenvalue weighted by atomic mass is 10.0. The summed E-state index contributed by atoms with van der Waals surface area (Å²) in [4.78, 5) is 51.7. The number of anilines is 2. The van der Waals surface area contributed by atoms with Crippen molar-refractivity contribution in [3.63, 3.8) is 0 Å². The van der Waals surface area contributed by atoms with Crippen molar-refractivity contribution in [2.24, 2.45) is 0 Å². The van der Waals surface area contributed by atoms with Gasteiger partial charge in [-0.15, -0.1) is 0 Å². The number of urea groups is 1. The first-order chi connectivity index (χ1) is 18.7. The Labute approximate surface area is 226 Å². The number of hydrogen-bond donors (Lipinski definition) is 2. The Morgan fingerprint density at radius 1 is 0.897 bits per heavy atom. The van der Waals surface area contributed by atoms with Crippen molar-refractivity contribution in [2.45, 2.75) is 27.7 Å². The maximum absolute atomic E-state index is 13.3. The van der Waals surface area contributed by atoms with Crippen LogP contribution >= 0.6 is 0 Å². The van der Waals surface area contributed by atoms with Gasteiger partial charge in [-0.1, -0.05) is 30.3 Å². The van der Waals surface area contributed by atoms with Crippen LogP contribution < -0.4 is 25.0 Å². The van der Waals surface area contributed by atoms with E-state index in [1.807, 2.05) is 39.0 Å². The Kier molecular flexibility index (Phi) is 8.10. The van der Waals surface area contributed by atoms with Gasteiger partial charge in [0.2, 0.25) is 0 Å². The average molecular weight is 528 g/mol. The lowest BCUT2D eigenvalue weighted by Crippen LogP contribution is -2.54. The van der Waals surface area contributed by atoms with E-state index in [2.05, 4.69) is 10.6 Å². The van der Waals surface area contributed by atoms with E-state index >= 15 is 0 Å². The molecule has 5 amide bonds. The number of nitrogens with zero attached hydrogens (tertiary/aromatic N) is 1. The Bertz CT molecular complexity index is 1490. The summed E-state index contributed by atoms with van der Waals surface area (Å²) >= 11 is 0. The van der Waals surface area contributed by atoms with Crippen molar-refractivity contribution in [3.05, 3.63) is 88.5 Å². The molecule has 0 unspecified atom stereocenters. The van der Waals surface area contributed by atoms with E-state index in [0.29, 0.717) is 35.0 Å². The van der Waals surface area contributed by atoms with Gasteiger partial charge in [0.25, 0.3) is 17.7 Å². The monoisotopic (exact) mass is 527 g/mol. The second kappa shape index (κ2) is 11.6. The van der Waals surface area contributed by atoms with Gasteiger partial charge in [0.15, 0.2) is 18.1 Å². The molecule has 0 bridgehead atoms. The van der Waals surface area contributed by atoms with Gasteiger partial charge >= 0.3 is 6.03 Å². The van der Waals surface area contributed by atoms with Crippen LogP contribution in [0.5, 0.6) is 11.5 Å². The van der Waals surface area contributed by atoms with Crippen molar-refractivity contribution >= 4 is 41.2 Å². The molecule has 1 fully saturated rings. The second-order valence-corrected chi connectivity index (χ2v) is 9.02. The van der Waals surface area contributed by atoms with Crippen LogP contribution in [0.4, 0.5) is 16.2 Å². The summed E-state index contributed by atoms with van der Waals surface area (Å²) in [5.74, 6) is -1.21. The zero-order valence-corrected chi connectivity index (χ0v) is 22.2. The third-order valence-corrected chi connectivity index (χ3v) is 6.21. The molecule has 3 aromatic carbocycles. The maximum atomic E-state index is 13.3. The van der Waals surface area contributed by atoms with Crippen LogP contribution in [-0.2, 0) is 14.4 Å². The smallest absolute Gasteiger partial charge is 0.335 e. The third-order valence-electron chi connectivity index (χ3n) is 6.21. The highest BCUT2D eigenvalue weighted by atomic mass is 16.5. The van der Waals surface area contributed by atoms with Crippen LogP contribution in [0.3, 0.4) is 0 Å². The molecule has 9 nitrogen and oxygen atoms in total. The fourth-order valence-electron chi connectivity index (χ4n) is 3.97. The van der Waals surface area contributed by atoms with Gasteiger partial charge in [-0.05, 0) is 86.4 Å². The molecule has 2 N–H and O–H groups in total. The summed E-state index contributed by atoms with van der Waals surface area (Å²) in [7, 11) is 0. The number of amides is 5. The lowest BCUT2D eigenvalue weighted by molar-refractivity contribution is -0.122. The van der Waals surface area contributed by atoms with Crippen LogP contribution in [0, 0.1) is 20.8 Å². The summed E-state index contributed by atoms with van der Waals surface area (Å²) in [6.45, 7) is 7.56. The Morgan fingerprint density at radius 2 is 1.67 bits per heavy atom. The lowest BCUT2D eigenvalue weighted by Gasteiger charge is -2.27. The Hall–Kier alpha value is -4.92. The number of imide groups is 2. The Balaban J connectivity index is 1.55. The van der Waals surface area contributed by atoms with Gasteiger partial charge < -0.3 is 14.8 Å². The molecule has 39 heavy (non-hydrogen) atoms. The van der Waals surface area contributed by atoms with Crippen molar-refractivity contribution in [3.8, 4) is 11.5 Å². The molecule has 3 aromatic rings. The minimum Gasteiger partial charge on any atom is -0.490 e. The van der Waals surface area contributed by atoms with Crippen LogP contribution in [-0.4, -0.2) is 37.0 Å². The maximum Gasteiger partial charge on any atom is 0.335 e. The van der Waals surface area contributed by atoms with Crippen molar-refractivity contribution in [1.29, 1.82) is 0 Å². The van der Waals surface area contributed by atoms with Crippen LogP contribution in [0.25, 0.3) is 6.08 Å².